The van der Waals surface area contributed by atoms with Crippen molar-refractivity contribution in [2.75, 3.05) is 50.3 Å². The molecule has 1 aliphatic heterocycles. The van der Waals surface area contributed by atoms with Crippen LogP contribution in [-0.4, -0.2) is 103 Å². The zero-order valence-electron chi connectivity index (χ0n) is 32.6. The second-order valence-corrected chi connectivity index (χ2v) is 19.0. The van der Waals surface area contributed by atoms with Crippen molar-refractivity contribution in [2.45, 2.75) is 109 Å². The molecule has 9 nitrogen and oxygen atoms in total. The number of ether oxygens (including phenoxy) is 1. The lowest BCUT2D eigenvalue weighted by molar-refractivity contribution is -0.139. The van der Waals surface area contributed by atoms with Gasteiger partial charge in [-0.2, -0.15) is 23.5 Å². The number of hydrogen-bond acceptors (Lipinski definition) is 9. The topological polar surface area (TPSA) is 139 Å². The fourth-order valence-corrected chi connectivity index (χ4v) is 9.54. The fourth-order valence-electron chi connectivity index (χ4n) is 6.64. The van der Waals surface area contributed by atoms with Crippen molar-refractivity contribution < 1.29 is 27.9 Å². The number of aliphatic carboxylic acids is 1. The number of carboxylic acid groups (broad SMARTS) is 1. The van der Waals surface area contributed by atoms with Gasteiger partial charge in [-0.3, -0.25) is 9.69 Å². The van der Waals surface area contributed by atoms with Crippen molar-refractivity contribution in [3.63, 3.8) is 0 Å². The van der Waals surface area contributed by atoms with E-state index in [1.165, 1.54) is 43.6 Å². The van der Waals surface area contributed by atoms with Crippen molar-refractivity contribution in [1.82, 2.24) is 10.2 Å². The summed E-state index contributed by atoms with van der Waals surface area (Å²) in [5, 5.41) is 13.5. The Labute approximate surface area is 322 Å². The molecule has 4 unspecified atom stereocenters. The van der Waals surface area contributed by atoms with E-state index in [1.807, 2.05) is 68.9 Å². The van der Waals surface area contributed by atoms with Crippen LogP contribution in [-0.2, 0) is 25.9 Å². The van der Waals surface area contributed by atoms with Crippen LogP contribution in [0.15, 0.2) is 42.5 Å². The lowest BCUT2D eigenvalue weighted by atomic mass is 9.91. The summed E-state index contributed by atoms with van der Waals surface area (Å²) >= 11 is 4.03. The molecule has 52 heavy (non-hydrogen) atoms. The number of nitrogens with two attached hydrogens (primary N) is 1. The molecule has 1 saturated carbocycles. The van der Waals surface area contributed by atoms with Gasteiger partial charge in [0.15, 0.2) is 0 Å². The van der Waals surface area contributed by atoms with E-state index >= 15 is 0 Å². The van der Waals surface area contributed by atoms with Gasteiger partial charge >= 0.3 is 5.97 Å². The van der Waals surface area contributed by atoms with E-state index in [2.05, 4.69) is 35.8 Å². The first-order valence-corrected chi connectivity index (χ1v) is 23.1. The molecule has 2 aliphatic rings. The molecule has 2 fully saturated rings. The summed E-state index contributed by atoms with van der Waals surface area (Å²) in [6.45, 7) is 13.5. The molecule has 1 amide bonds. The Balaban J connectivity index is 0.000000930. The molecule has 0 spiro atoms. The number of carbonyl (C=O) groups excluding carboxylic acids is 1. The zero-order valence-corrected chi connectivity index (χ0v) is 35.0. The second kappa shape index (κ2) is 24.3. The average molecular weight is 780 g/mol. The van der Waals surface area contributed by atoms with Crippen molar-refractivity contribution in [3.8, 4) is 11.1 Å². The number of benzene rings is 2. The molecule has 2 aromatic carbocycles. The van der Waals surface area contributed by atoms with Crippen LogP contribution in [0.25, 0.3) is 11.1 Å². The van der Waals surface area contributed by atoms with Crippen molar-refractivity contribution in [3.05, 3.63) is 59.2 Å². The van der Waals surface area contributed by atoms with Gasteiger partial charge in [-0.15, -0.1) is 0 Å². The Morgan fingerprint density at radius 3 is 2.37 bits per heavy atom. The molecule has 0 aromatic heterocycles. The monoisotopic (exact) mass is 779 g/mol. The maximum Gasteiger partial charge on any atom is 0.326 e. The number of hydrogen-bond donors (Lipinski definition) is 3. The van der Waals surface area contributed by atoms with Crippen LogP contribution in [0.5, 0.6) is 0 Å². The van der Waals surface area contributed by atoms with Crippen molar-refractivity contribution in [2.24, 2.45) is 11.7 Å². The van der Waals surface area contributed by atoms with E-state index in [0.717, 1.165) is 60.5 Å². The van der Waals surface area contributed by atoms with Crippen LogP contribution in [0.2, 0.25) is 0 Å². The minimum atomic E-state index is -3.38. The number of methoxy groups -OCH3 is 1. The summed E-state index contributed by atoms with van der Waals surface area (Å²) in [5.74, 6) is 1.13. The van der Waals surface area contributed by atoms with Gasteiger partial charge in [0.2, 0.25) is 0 Å². The minimum Gasteiger partial charge on any atom is -0.480 e. The van der Waals surface area contributed by atoms with Gasteiger partial charge in [-0.05, 0) is 84.4 Å². The lowest BCUT2D eigenvalue weighted by Gasteiger charge is -2.25. The fraction of sp³-hybridized carbons (Fsp3) is 0.650. The molecule has 0 radical (unpaired) electrons. The molecule has 4 N–H and O–H groups in total. The van der Waals surface area contributed by atoms with E-state index in [4.69, 9.17) is 10.5 Å². The van der Waals surface area contributed by atoms with Crippen LogP contribution in [0.1, 0.15) is 94.1 Å². The molecule has 1 heterocycles. The summed E-state index contributed by atoms with van der Waals surface area (Å²) < 4.78 is 28.9. The quantitative estimate of drug-likeness (QED) is 0.150. The number of rotatable bonds is 17. The first kappa shape index (κ1) is 46.1. The van der Waals surface area contributed by atoms with Gasteiger partial charge in [0.05, 0.1) is 12.4 Å². The molecule has 2 aromatic rings. The number of nitrogens with zero attached hydrogens (tertiary/aromatic N) is 1. The van der Waals surface area contributed by atoms with E-state index in [0.29, 0.717) is 28.7 Å². The van der Waals surface area contributed by atoms with Gasteiger partial charge in [-0.1, -0.05) is 77.3 Å². The van der Waals surface area contributed by atoms with Crippen LogP contribution in [0.3, 0.4) is 0 Å². The first-order valence-electron chi connectivity index (χ1n) is 18.9. The largest absolute Gasteiger partial charge is 0.480 e. The molecular formula is C40H65N3O6S3. The summed E-state index contributed by atoms with van der Waals surface area (Å²) in [6.07, 6.45) is 8.77. The van der Waals surface area contributed by atoms with Crippen LogP contribution < -0.4 is 11.1 Å². The number of nitrogens with one attached hydrogen (secondary N) is 1. The Morgan fingerprint density at radius 1 is 1.10 bits per heavy atom. The van der Waals surface area contributed by atoms with E-state index in [9.17, 15) is 23.1 Å². The van der Waals surface area contributed by atoms with Crippen LogP contribution in [0, 0.1) is 12.8 Å². The van der Waals surface area contributed by atoms with Gasteiger partial charge in [0, 0.05) is 55.1 Å². The molecule has 4 rings (SSSR count). The molecule has 1 aliphatic carbocycles. The normalized spacial score (nSPS) is 19.1. The maximum absolute atomic E-state index is 13.5. The smallest absolute Gasteiger partial charge is 0.326 e. The maximum atomic E-state index is 13.5. The van der Waals surface area contributed by atoms with Crippen molar-refractivity contribution in [1.29, 1.82) is 0 Å². The summed E-state index contributed by atoms with van der Waals surface area (Å²) in [4.78, 5) is 27.8. The molecule has 1 saturated heterocycles. The molecule has 12 heteroatoms. The van der Waals surface area contributed by atoms with Crippen LogP contribution in [0.4, 0.5) is 0 Å². The van der Waals surface area contributed by atoms with E-state index in [1.54, 1.807) is 13.2 Å². The Hall–Kier alpha value is -2.09. The third-order valence-corrected chi connectivity index (χ3v) is 13.0. The van der Waals surface area contributed by atoms with Crippen LogP contribution >= 0.6 is 23.5 Å². The predicted octanol–water partition coefficient (Wildman–Crippen LogP) is 7.30. The number of amides is 1. The molecule has 4 atom stereocenters. The number of likely N-dealkylation sites (tertiary alicyclic amines) is 1. The predicted molar refractivity (Wildman–Crippen MR) is 221 cm³/mol. The minimum absolute atomic E-state index is 0.201. The van der Waals surface area contributed by atoms with E-state index in [-0.39, 0.29) is 12.2 Å². The Bertz CT molecular complexity index is 1470. The second-order valence-electron chi connectivity index (χ2n) is 13.7. The number of sulfone groups is 1. The number of carboxylic acids is 1. The zero-order chi connectivity index (χ0) is 38.7. The highest BCUT2D eigenvalue weighted by Crippen LogP contribution is 2.35. The summed E-state index contributed by atoms with van der Waals surface area (Å²) in [5.41, 5.74) is 9.39. The van der Waals surface area contributed by atoms with Crippen molar-refractivity contribution >= 4 is 45.2 Å². The highest BCUT2D eigenvalue weighted by Gasteiger charge is 2.33. The third kappa shape index (κ3) is 16.1. The van der Waals surface area contributed by atoms with Gasteiger partial charge in [-0.25, -0.2) is 13.2 Å². The number of aryl methyl sites for hydroxylation is 1. The SMILES string of the molecule is CC.CCSC(C)CN.COCC1CC(SCC2CCCCC2)CN1Cc1ccc(C(=O)NC(CCS(C)(=O)=O)C(=O)O)c(-c2ccccc2C)c1. The third-order valence-electron chi connectivity index (χ3n) is 9.45. The van der Waals surface area contributed by atoms with Gasteiger partial charge < -0.3 is 20.9 Å². The highest BCUT2D eigenvalue weighted by atomic mass is 32.2. The first-order chi connectivity index (χ1) is 24.8. The van der Waals surface area contributed by atoms with Gasteiger partial charge in [0.1, 0.15) is 15.9 Å². The lowest BCUT2D eigenvalue weighted by Crippen LogP contribution is -2.42. The van der Waals surface area contributed by atoms with Gasteiger partial charge in [0.25, 0.3) is 5.91 Å². The summed E-state index contributed by atoms with van der Waals surface area (Å²) in [6, 6.07) is 12.6. The number of thioether (sulfide) groups is 2. The summed E-state index contributed by atoms with van der Waals surface area (Å²) in [7, 11) is -1.62. The van der Waals surface area contributed by atoms with E-state index < -0.39 is 27.8 Å². The molecular weight excluding hydrogens is 715 g/mol. The Morgan fingerprint density at radius 2 is 1.79 bits per heavy atom. The number of carbonyl (C=O) groups is 2. The standard InChI is InChI=1S/C33H46N2O6S2.C5H13NS.C2H6/c1-23-9-7-8-12-28(23)30-17-25(13-14-29(30)32(36)34-31(33(37)38)15-16-43(3,39)40)19-35-20-27(18-26(35)21-41-2)42-22-24-10-5-4-6-11-24;1-3-7-5(2)4-6;1-2/h7-9,12-14,17,24,26-27,31H,4-6,10-11,15-16,18-22H2,1-3H3,(H,34,36)(H,37,38);5H,3-4,6H2,1-2H3;1-2H3. The molecule has 294 valence electrons. The highest BCUT2D eigenvalue weighted by molar-refractivity contribution is 8.00. The molecule has 0 bridgehead atoms. The average Bonchev–Trinajstić information content (AvgIpc) is 3.51. The Kier molecular flexibility index (Phi) is 21.6.